The number of nitrogens with one attached hydrogen (secondary N) is 1. The van der Waals surface area contributed by atoms with Gasteiger partial charge in [0.05, 0.1) is 11.3 Å². The van der Waals surface area contributed by atoms with Crippen LogP contribution in [-0.4, -0.2) is 33.9 Å². The van der Waals surface area contributed by atoms with Gasteiger partial charge < -0.3 is 10.2 Å². The van der Waals surface area contributed by atoms with E-state index in [1.54, 1.807) is 6.20 Å². The Hall–Kier alpha value is -2.18. The van der Waals surface area contributed by atoms with Crippen molar-refractivity contribution in [2.75, 3.05) is 18.4 Å². The van der Waals surface area contributed by atoms with Crippen LogP contribution in [0, 0.1) is 13.8 Å². The highest BCUT2D eigenvalue weighted by molar-refractivity contribution is 9.10. The van der Waals surface area contributed by atoms with Crippen LogP contribution in [0.2, 0.25) is 0 Å². The second kappa shape index (κ2) is 9.09. The van der Waals surface area contributed by atoms with E-state index in [-0.39, 0.29) is 18.3 Å². The third-order valence-electron chi connectivity index (χ3n) is 5.17. The number of amides is 1. The number of rotatable bonds is 3. The second-order valence-electron chi connectivity index (χ2n) is 7.31. The van der Waals surface area contributed by atoms with Gasteiger partial charge in [0.15, 0.2) is 5.65 Å². The van der Waals surface area contributed by atoms with Crippen molar-refractivity contribution in [2.24, 2.45) is 0 Å². The van der Waals surface area contributed by atoms with Crippen LogP contribution in [-0.2, 0) is 0 Å². The highest BCUT2D eigenvalue weighted by Gasteiger charge is 2.23. The lowest BCUT2D eigenvalue weighted by Gasteiger charge is -2.27. The fourth-order valence-corrected chi connectivity index (χ4v) is 3.85. The van der Waals surface area contributed by atoms with Gasteiger partial charge in [-0.3, -0.25) is 4.79 Å². The van der Waals surface area contributed by atoms with Gasteiger partial charge in [-0.05, 0) is 69.0 Å². The highest BCUT2D eigenvalue weighted by atomic mass is 79.9. The fourth-order valence-electron chi connectivity index (χ4n) is 3.60. The number of piperidine rings is 1. The number of likely N-dealkylation sites (tertiary alicyclic amines) is 1. The Bertz CT molecular complexity index is 1050. The van der Waals surface area contributed by atoms with Gasteiger partial charge in [0.1, 0.15) is 0 Å². The van der Waals surface area contributed by atoms with Gasteiger partial charge in [0.25, 0.3) is 5.91 Å². The molecule has 1 amide bonds. The lowest BCUT2D eigenvalue weighted by atomic mass is 10.1. The Kier molecular flexibility index (Phi) is 6.75. The minimum Gasteiger partial charge on any atom is -0.354 e. The third-order valence-corrected chi connectivity index (χ3v) is 6.06. The minimum absolute atomic E-state index is 0. The van der Waals surface area contributed by atoms with Crippen LogP contribution in [0.3, 0.4) is 0 Å². The van der Waals surface area contributed by atoms with E-state index in [9.17, 15) is 4.79 Å². The monoisotopic (exact) mass is 474 g/mol. The van der Waals surface area contributed by atoms with Crippen LogP contribution >= 0.6 is 28.3 Å². The van der Waals surface area contributed by atoms with E-state index in [0.717, 1.165) is 58.4 Å². The summed E-state index contributed by atoms with van der Waals surface area (Å²) in [4.78, 5) is 24.2. The van der Waals surface area contributed by atoms with Gasteiger partial charge in [0, 0.05) is 40.5 Å². The maximum absolute atomic E-state index is 13.3. The molecule has 1 fully saturated rings. The van der Waals surface area contributed by atoms with Gasteiger partial charge in [-0.2, -0.15) is 0 Å². The number of carbonyl (C=O) groups is 1. The molecule has 7 heteroatoms. The highest BCUT2D eigenvalue weighted by Crippen LogP contribution is 2.31. The minimum atomic E-state index is 0. The molecule has 0 spiro atoms. The smallest absolute Gasteiger partial charge is 0.257 e. The molecule has 0 atom stereocenters. The molecule has 3 aromatic rings. The van der Waals surface area contributed by atoms with Crippen LogP contribution in [0.5, 0.6) is 0 Å². The summed E-state index contributed by atoms with van der Waals surface area (Å²) in [6.07, 6.45) is 4.97. The molecule has 4 rings (SSSR count). The summed E-state index contributed by atoms with van der Waals surface area (Å²) in [7, 11) is 0. The van der Waals surface area contributed by atoms with Crippen molar-refractivity contribution in [1.29, 1.82) is 0 Å². The second-order valence-corrected chi connectivity index (χ2v) is 8.17. The summed E-state index contributed by atoms with van der Waals surface area (Å²) in [5.41, 5.74) is 4.98. The number of anilines is 2. The van der Waals surface area contributed by atoms with Crippen molar-refractivity contribution in [3.05, 3.63) is 57.8 Å². The number of hydrogen-bond acceptors (Lipinski definition) is 4. The zero-order valence-electron chi connectivity index (χ0n) is 16.5. The molecule has 1 saturated heterocycles. The Morgan fingerprint density at radius 2 is 1.86 bits per heavy atom. The van der Waals surface area contributed by atoms with E-state index < -0.39 is 0 Å². The van der Waals surface area contributed by atoms with E-state index in [1.807, 2.05) is 43.0 Å². The Morgan fingerprint density at radius 1 is 1.10 bits per heavy atom. The van der Waals surface area contributed by atoms with E-state index in [4.69, 9.17) is 0 Å². The summed E-state index contributed by atoms with van der Waals surface area (Å²) in [5.74, 6) is 0.0333. The number of halogens is 2. The average molecular weight is 476 g/mol. The predicted octanol–water partition coefficient (Wildman–Crippen LogP) is 5.80. The van der Waals surface area contributed by atoms with Crippen molar-refractivity contribution in [3.8, 4) is 0 Å². The standard InChI is InChI=1S/C22H23BrN4O.ClH/c1-14-12-16(7-9-19(14)23)26-20-17-8-6-15(2)25-21(17)24-13-18(20)22(28)27-10-4-3-5-11-27;/h6-9,12-13H,3-5,10-11H2,1-2H3,(H,24,25,26);1H. The van der Waals surface area contributed by atoms with Crippen molar-refractivity contribution >= 4 is 56.7 Å². The number of nitrogens with zero attached hydrogens (tertiary/aromatic N) is 3. The van der Waals surface area contributed by atoms with Gasteiger partial charge in [-0.15, -0.1) is 12.4 Å². The molecule has 1 N–H and O–H groups in total. The lowest BCUT2D eigenvalue weighted by molar-refractivity contribution is 0.0725. The van der Waals surface area contributed by atoms with E-state index in [2.05, 4.69) is 37.3 Å². The van der Waals surface area contributed by atoms with Crippen LogP contribution in [0.1, 0.15) is 40.9 Å². The molecule has 0 radical (unpaired) electrons. The number of carbonyl (C=O) groups excluding carboxylic acids is 1. The first-order chi connectivity index (χ1) is 13.5. The summed E-state index contributed by atoms with van der Waals surface area (Å²) in [5, 5.41) is 4.33. The molecule has 3 heterocycles. The Morgan fingerprint density at radius 3 is 2.59 bits per heavy atom. The summed E-state index contributed by atoms with van der Waals surface area (Å²) >= 11 is 3.54. The molecule has 1 aromatic carbocycles. The predicted molar refractivity (Wildman–Crippen MR) is 123 cm³/mol. The van der Waals surface area contributed by atoms with Gasteiger partial charge in [-0.25, -0.2) is 9.97 Å². The third kappa shape index (κ3) is 4.54. The quantitative estimate of drug-likeness (QED) is 0.520. The van der Waals surface area contributed by atoms with Crippen LogP contribution in [0.25, 0.3) is 11.0 Å². The topological polar surface area (TPSA) is 58.1 Å². The van der Waals surface area contributed by atoms with Gasteiger partial charge >= 0.3 is 0 Å². The molecule has 0 saturated carbocycles. The normalized spacial score (nSPS) is 13.8. The molecule has 29 heavy (non-hydrogen) atoms. The van der Waals surface area contributed by atoms with E-state index >= 15 is 0 Å². The molecule has 2 aromatic heterocycles. The van der Waals surface area contributed by atoms with Crippen molar-refractivity contribution < 1.29 is 4.79 Å². The number of hydrogen-bond donors (Lipinski definition) is 1. The zero-order valence-corrected chi connectivity index (χ0v) is 18.9. The molecule has 1 aliphatic rings. The van der Waals surface area contributed by atoms with Crippen molar-refractivity contribution in [1.82, 2.24) is 14.9 Å². The first-order valence-corrected chi connectivity index (χ1v) is 10.4. The van der Waals surface area contributed by atoms with E-state index in [0.29, 0.717) is 11.2 Å². The van der Waals surface area contributed by atoms with Crippen LogP contribution in [0.15, 0.2) is 41.0 Å². The molecule has 152 valence electrons. The lowest BCUT2D eigenvalue weighted by Crippen LogP contribution is -2.36. The van der Waals surface area contributed by atoms with Gasteiger partial charge in [-0.1, -0.05) is 15.9 Å². The molecule has 0 unspecified atom stereocenters. The molecule has 0 aliphatic carbocycles. The fraction of sp³-hybridized carbons (Fsp3) is 0.318. The number of benzene rings is 1. The number of pyridine rings is 2. The zero-order chi connectivity index (χ0) is 19.7. The van der Waals surface area contributed by atoms with Crippen molar-refractivity contribution in [2.45, 2.75) is 33.1 Å². The van der Waals surface area contributed by atoms with Gasteiger partial charge in [0.2, 0.25) is 0 Å². The molecular weight excluding hydrogens is 452 g/mol. The molecule has 1 aliphatic heterocycles. The maximum atomic E-state index is 13.3. The number of aromatic nitrogens is 2. The van der Waals surface area contributed by atoms with Crippen molar-refractivity contribution in [3.63, 3.8) is 0 Å². The first kappa shape index (κ1) is 21.5. The number of fused-ring (bicyclic) bond motifs is 1. The summed E-state index contributed by atoms with van der Waals surface area (Å²) < 4.78 is 1.06. The maximum Gasteiger partial charge on any atom is 0.257 e. The largest absolute Gasteiger partial charge is 0.354 e. The van der Waals surface area contributed by atoms with E-state index in [1.165, 1.54) is 6.42 Å². The van der Waals surface area contributed by atoms with Crippen LogP contribution in [0.4, 0.5) is 11.4 Å². The molecular formula is C22H24BrClN4O. The first-order valence-electron chi connectivity index (χ1n) is 9.62. The Balaban J connectivity index is 0.00000240. The average Bonchev–Trinajstić information content (AvgIpc) is 2.71. The number of aryl methyl sites for hydroxylation is 2. The van der Waals surface area contributed by atoms with Crippen LogP contribution < -0.4 is 5.32 Å². The summed E-state index contributed by atoms with van der Waals surface area (Å²) in [6.45, 7) is 5.60. The SMILES string of the molecule is Cc1ccc2c(Nc3ccc(Br)c(C)c3)c(C(=O)N3CCCCC3)cnc2n1.Cl. The molecule has 0 bridgehead atoms. The molecule has 5 nitrogen and oxygen atoms in total. The summed E-state index contributed by atoms with van der Waals surface area (Å²) in [6, 6.07) is 10.0. The Labute approximate surface area is 185 Å².